The summed E-state index contributed by atoms with van der Waals surface area (Å²) in [5.41, 5.74) is 8.19. The Bertz CT molecular complexity index is 385. The molecule has 0 unspecified atom stereocenters. The second-order valence-corrected chi connectivity index (χ2v) is 2.84. The van der Waals surface area contributed by atoms with Crippen LogP contribution in [0, 0.1) is 6.92 Å². The van der Waals surface area contributed by atoms with E-state index in [0.29, 0.717) is 5.95 Å². The molecule has 4 nitrogen and oxygen atoms in total. The first-order chi connectivity index (χ1) is 6.25. The van der Waals surface area contributed by atoms with Crippen LogP contribution in [-0.4, -0.2) is 15.0 Å². The smallest absolute Gasteiger partial charge is 0.220 e. The van der Waals surface area contributed by atoms with Crippen LogP contribution < -0.4 is 5.73 Å². The van der Waals surface area contributed by atoms with Crippen molar-refractivity contribution in [1.82, 2.24) is 15.0 Å². The third-order valence-corrected chi connectivity index (χ3v) is 1.75. The molecule has 2 rings (SSSR count). The number of anilines is 1. The van der Waals surface area contributed by atoms with Crippen LogP contribution in [0.5, 0.6) is 0 Å². The Morgan fingerprint density at radius 1 is 1.38 bits per heavy atom. The molecule has 0 atom stereocenters. The first-order valence-electron chi connectivity index (χ1n) is 4.00. The van der Waals surface area contributed by atoms with Gasteiger partial charge in [-0.2, -0.15) is 0 Å². The highest BCUT2D eigenvalue weighted by molar-refractivity contribution is 5.55. The first kappa shape index (κ1) is 7.79. The number of aromatic nitrogens is 3. The molecule has 2 aromatic rings. The summed E-state index contributed by atoms with van der Waals surface area (Å²) in [6.07, 6.45) is 1.85. The lowest BCUT2D eigenvalue weighted by Crippen LogP contribution is -1.98. The highest BCUT2D eigenvalue weighted by Gasteiger charge is 2.01. The van der Waals surface area contributed by atoms with Crippen LogP contribution in [0.4, 0.5) is 5.95 Å². The average Bonchev–Trinajstić information content (AvgIpc) is 2.53. The zero-order chi connectivity index (χ0) is 9.26. The minimum Gasteiger partial charge on any atom is -0.368 e. The monoisotopic (exact) mass is 174 g/mol. The van der Waals surface area contributed by atoms with Gasteiger partial charge in [-0.3, -0.25) is 0 Å². The normalized spacial score (nSPS) is 10.2. The molecule has 0 saturated carbocycles. The van der Waals surface area contributed by atoms with Gasteiger partial charge in [0.05, 0.1) is 11.4 Å². The molecule has 0 amide bonds. The third kappa shape index (κ3) is 1.51. The molecule has 0 aromatic carbocycles. The van der Waals surface area contributed by atoms with E-state index in [2.05, 4.69) is 15.0 Å². The average molecular weight is 174 g/mol. The van der Waals surface area contributed by atoms with Crippen LogP contribution in [0.15, 0.2) is 24.4 Å². The molecule has 66 valence electrons. The maximum atomic E-state index is 5.53. The molecule has 0 saturated heterocycles. The largest absolute Gasteiger partial charge is 0.368 e. The van der Waals surface area contributed by atoms with Gasteiger partial charge >= 0.3 is 0 Å². The molecule has 0 radical (unpaired) electrons. The van der Waals surface area contributed by atoms with Crippen LogP contribution in [-0.2, 0) is 0 Å². The van der Waals surface area contributed by atoms with Gasteiger partial charge in [-0.1, -0.05) is 0 Å². The van der Waals surface area contributed by atoms with E-state index in [1.165, 1.54) is 0 Å². The van der Waals surface area contributed by atoms with Crippen molar-refractivity contribution >= 4 is 5.95 Å². The number of nitrogens with one attached hydrogen (secondary N) is 1. The summed E-state index contributed by atoms with van der Waals surface area (Å²) in [6, 6.07) is 5.76. The van der Waals surface area contributed by atoms with Crippen molar-refractivity contribution in [3.63, 3.8) is 0 Å². The maximum Gasteiger partial charge on any atom is 0.220 e. The van der Waals surface area contributed by atoms with Gasteiger partial charge < -0.3 is 10.7 Å². The van der Waals surface area contributed by atoms with Crippen molar-refractivity contribution in [2.24, 2.45) is 0 Å². The number of nitrogens with two attached hydrogens (primary N) is 1. The van der Waals surface area contributed by atoms with Gasteiger partial charge in [0.2, 0.25) is 5.95 Å². The molecule has 0 spiro atoms. The summed E-state index contributed by atoms with van der Waals surface area (Å²) in [6.45, 7) is 1.89. The molecule has 0 bridgehead atoms. The van der Waals surface area contributed by atoms with Gasteiger partial charge in [-0.25, -0.2) is 9.97 Å². The molecule has 0 aliphatic rings. The highest BCUT2D eigenvalue weighted by atomic mass is 15.0. The standard InChI is InChI=1S/C9H10N4/c1-6-5-8(13-9(10)12-6)7-3-2-4-11-7/h2-5,11H,1H3,(H2,10,12,13). The van der Waals surface area contributed by atoms with E-state index in [-0.39, 0.29) is 0 Å². The van der Waals surface area contributed by atoms with E-state index in [9.17, 15) is 0 Å². The minimum absolute atomic E-state index is 0.310. The topological polar surface area (TPSA) is 67.6 Å². The number of rotatable bonds is 1. The molecule has 4 heteroatoms. The van der Waals surface area contributed by atoms with Gasteiger partial charge in [-0.05, 0) is 25.1 Å². The number of hydrogen-bond donors (Lipinski definition) is 2. The summed E-state index contributed by atoms with van der Waals surface area (Å²) in [4.78, 5) is 11.2. The summed E-state index contributed by atoms with van der Waals surface area (Å²) >= 11 is 0. The minimum atomic E-state index is 0.310. The van der Waals surface area contributed by atoms with Gasteiger partial charge in [0, 0.05) is 11.9 Å². The molecule has 2 heterocycles. The predicted molar refractivity (Wildman–Crippen MR) is 51.0 cm³/mol. The van der Waals surface area contributed by atoms with Gasteiger partial charge in [0.1, 0.15) is 0 Å². The Morgan fingerprint density at radius 3 is 2.85 bits per heavy atom. The molecule has 13 heavy (non-hydrogen) atoms. The fraction of sp³-hybridized carbons (Fsp3) is 0.111. The molecule has 0 aliphatic heterocycles. The lowest BCUT2D eigenvalue weighted by atomic mass is 10.3. The Balaban J connectivity index is 2.53. The Hall–Kier alpha value is -1.84. The zero-order valence-electron chi connectivity index (χ0n) is 7.28. The molecule has 3 N–H and O–H groups in total. The van der Waals surface area contributed by atoms with E-state index in [0.717, 1.165) is 17.1 Å². The fourth-order valence-corrected chi connectivity index (χ4v) is 1.22. The van der Waals surface area contributed by atoms with E-state index < -0.39 is 0 Å². The highest BCUT2D eigenvalue weighted by Crippen LogP contribution is 2.15. The van der Waals surface area contributed by atoms with Crippen LogP contribution in [0.1, 0.15) is 5.69 Å². The Kier molecular flexibility index (Phi) is 1.73. The predicted octanol–water partition coefficient (Wildman–Crippen LogP) is 1.36. The molecule has 2 aromatic heterocycles. The fourth-order valence-electron chi connectivity index (χ4n) is 1.22. The van der Waals surface area contributed by atoms with Crippen molar-refractivity contribution in [3.05, 3.63) is 30.1 Å². The van der Waals surface area contributed by atoms with Crippen molar-refractivity contribution in [2.75, 3.05) is 5.73 Å². The van der Waals surface area contributed by atoms with Crippen molar-refractivity contribution < 1.29 is 0 Å². The van der Waals surface area contributed by atoms with Gasteiger partial charge in [0.25, 0.3) is 0 Å². The van der Waals surface area contributed by atoms with Gasteiger partial charge in [-0.15, -0.1) is 0 Å². The Labute approximate surface area is 75.8 Å². The summed E-state index contributed by atoms with van der Waals surface area (Å²) < 4.78 is 0. The van der Waals surface area contributed by atoms with Crippen LogP contribution in [0.2, 0.25) is 0 Å². The second-order valence-electron chi connectivity index (χ2n) is 2.84. The summed E-state index contributed by atoms with van der Waals surface area (Å²) in [5, 5.41) is 0. The molecular formula is C9H10N4. The second kappa shape index (κ2) is 2.90. The number of nitrogens with zero attached hydrogens (tertiary/aromatic N) is 2. The lowest BCUT2D eigenvalue weighted by Gasteiger charge is -2.00. The SMILES string of the molecule is Cc1cc(-c2ccc[nH]2)nc(N)n1. The molecular weight excluding hydrogens is 164 g/mol. The number of hydrogen-bond acceptors (Lipinski definition) is 3. The third-order valence-electron chi connectivity index (χ3n) is 1.75. The van der Waals surface area contributed by atoms with E-state index in [1.54, 1.807) is 0 Å². The Morgan fingerprint density at radius 2 is 2.23 bits per heavy atom. The number of aryl methyl sites for hydroxylation is 1. The number of nitrogen functional groups attached to an aromatic ring is 1. The van der Waals surface area contributed by atoms with Crippen LogP contribution >= 0.6 is 0 Å². The lowest BCUT2D eigenvalue weighted by molar-refractivity contribution is 1.12. The molecule has 0 fully saturated rings. The maximum absolute atomic E-state index is 5.53. The zero-order valence-corrected chi connectivity index (χ0v) is 7.28. The van der Waals surface area contributed by atoms with Crippen molar-refractivity contribution in [2.45, 2.75) is 6.92 Å². The van der Waals surface area contributed by atoms with E-state index in [1.807, 2.05) is 31.3 Å². The number of aromatic amines is 1. The van der Waals surface area contributed by atoms with Gasteiger partial charge in [0.15, 0.2) is 0 Å². The van der Waals surface area contributed by atoms with Crippen molar-refractivity contribution in [1.29, 1.82) is 0 Å². The molecule has 0 aliphatic carbocycles. The first-order valence-corrected chi connectivity index (χ1v) is 4.00. The quantitative estimate of drug-likeness (QED) is 0.686. The summed E-state index contributed by atoms with van der Waals surface area (Å²) in [7, 11) is 0. The van der Waals surface area contributed by atoms with Crippen molar-refractivity contribution in [3.8, 4) is 11.4 Å². The van der Waals surface area contributed by atoms with E-state index >= 15 is 0 Å². The van der Waals surface area contributed by atoms with Crippen LogP contribution in [0.3, 0.4) is 0 Å². The van der Waals surface area contributed by atoms with Crippen LogP contribution in [0.25, 0.3) is 11.4 Å². The summed E-state index contributed by atoms with van der Waals surface area (Å²) in [5.74, 6) is 0.310. The van der Waals surface area contributed by atoms with E-state index in [4.69, 9.17) is 5.73 Å². The number of H-pyrrole nitrogens is 1.